The Bertz CT molecular complexity index is 843. The summed E-state index contributed by atoms with van der Waals surface area (Å²) in [5, 5.41) is 9.03. The van der Waals surface area contributed by atoms with Gasteiger partial charge in [0.15, 0.2) is 0 Å². The van der Waals surface area contributed by atoms with E-state index < -0.39 is 0 Å². The molecule has 6 nitrogen and oxygen atoms in total. The van der Waals surface area contributed by atoms with Crippen molar-refractivity contribution >= 4 is 5.69 Å². The minimum absolute atomic E-state index is 0.324. The van der Waals surface area contributed by atoms with Crippen LogP contribution in [0.3, 0.4) is 0 Å². The lowest BCUT2D eigenvalue weighted by atomic mass is 10.2. The highest BCUT2D eigenvalue weighted by atomic mass is 15.2. The van der Waals surface area contributed by atoms with E-state index in [1.54, 1.807) is 23.0 Å². The van der Waals surface area contributed by atoms with Crippen LogP contribution in [0.5, 0.6) is 0 Å². The molecule has 2 N–H and O–H groups in total. The molecule has 0 fully saturated rings. The molecule has 21 heavy (non-hydrogen) atoms. The number of hydrogen-bond acceptors (Lipinski definition) is 5. The second-order valence-electron chi connectivity index (χ2n) is 4.55. The van der Waals surface area contributed by atoms with Crippen molar-refractivity contribution in [1.82, 2.24) is 19.5 Å². The third-order valence-electron chi connectivity index (χ3n) is 2.96. The van der Waals surface area contributed by atoms with Crippen LogP contribution in [0.1, 0.15) is 11.4 Å². The number of rotatable bonds is 2. The molecule has 1 aromatic carbocycles. The van der Waals surface area contributed by atoms with E-state index in [0.717, 1.165) is 11.3 Å². The first-order chi connectivity index (χ1) is 10.2. The molecular formula is C15H12N6. The zero-order valence-corrected chi connectivity index (χ0v) is 11.4. The molecule has 2 aromatic heterocycles. The van der Waals surface area contributed by atoms with Gasteiger partial charge in [-0.3, -0.25) is 4.57 Å². The smallest absolute Gasteiger partial charge is 0.236 e. The highest BCUT2D eigenvalue weighted by Gasteiger charge is 2.11. The maximum atomic E-state index is 9.03. The second kappa shape index (κ2) is 5.06. The van der Waals surface area contributed by atoms with Crippen LogP contribution in [0.4, 0.5) is 5.69 Å². The number of imidazole rings is 1. The molecule has 0 atom stereocenters. The van der Waals surface area contributed by atoms with E-state index >= 15 is 0 Å². The van der Waals surface area contributed by atoms with Crippen molar-refractivity contribution in [3.63, 3.8) is 0 Å². The Hall–Kier alpha value is -3.20. The van der Waals surface area contributed by atoms with E-state index in [1.165, 1.54) is 0 Å². The van der Waals surface area contributed by atoms with E-state index in [-0.39, 0.29) is 0 Å². The quantitative estimate of drug-likeness (QED) is 0.723. The predicted molar refractivity (Wildman–Crippen MR) is 78.5 cm³/mol. The molecular weight excluding hydrogens is 264 g/mol. The summed E-state index contributed by atoms with van der Waals surface area (Å²) in [4.78, 5) is 12.9. The predicted octanol–water partition coefficient (Wildman–Crippen LogP) is 2.09. The number of benzene rings is 1. The van der Waals surface area contributed by atoms with Crippen LogP contribution in [0, 0.1) is 18.3 Å². The minimum atomic E-state index is 0.324. The van der Waals surface area contributed by atoms with Gasteiger partial charge in [0.05, 0.1) is 0 Å². The molecule has 0 amide bonds. The molecule has 0 unspecified atom stereocenters. The van der Waals surface area contributed by atoms with E-state index in [0.29, 0.717) is 23.2 Å². The molecule has 2 heterocycles. The number of anilines is 1. The Morgan fingerprint density at radius 1 is 1.24 bits per heavy atom. The van der Waals surface area contributed by atoms with Gasteiger partial charge in [-0.1, -0.05) is 12.1 Å². The summed E-state index contributed by atoms with van der Waals surface area (Å²) >= 11 is 0. The number of nitrogens with two attached hydrogens (primary N) is 1. The maximum absolute atomic E-state index is 9.03. The molecule has 0 radical (unpaired) electrons. The first kappa shape index (κ1) is 12.8. The SMILES string of the molecule is Cc1cc(C#N)nc(-n2ccnc2-c2cccc(N)c2)n1. The Morgan fingerprint density at radius 2 is 2.10 bits per heavy atom. The molecule has 0 aliphatic rings. The Kier molecular flexibility index (Phi) is 3.09. The van der Waals surface area contributed by atoms with Crippen LogP contribution in [0.2, 0.25) is 0 Å². The van der Waals surface area contributed by atoms with Gasteiger partial charge in [-0.25, -0.2) is 15.0 Å². The Labute approximate surface area is 121 Å². The second-order valence-corrected chi connectivity index (χ2v) is 4.55. The standard InChI is InChI=1S/C15H12N6/c1-10-7-13(9-16)20-15(19-10)21-6-5-18-14(21)11-3-2-4-12(17)8-11/h2-8H,17H2,1H3. The highest BCUT2D eigenvalue weighted by Crippen LogP contribution is 2.21. The molecule has 102 valence electrons. The number of nitriles is 1. The monoisotopic (exact) mass is 276 g/mol. The first-order valence-corrected chi connectivity index (χ1v) is 6.33. The summed E-state index contributed by atoms with van der Waals surface area (Å²) in [6, 6.07) is 11.1. The largest absolute Gasteiger partial charge is 0.399 e. The lowest BCUT2D eigenvalue weighted by Crippen LogP contribution is -2.05. The zero-order chi connectivity index (χ0) is 14.8. The van der Waals surface area contributed by atoms with Gasteiger partial charge in [-0.2, -0.15) is 5.26 Å². The van der Waals surface area contributed by atoms with Crippen molar-refractivity contribution in [2.75, 3.05) is 5.73 Å². The normalized spacial score (nSPS) is 10.3. The topological polar surface area (TPSA) is 93.4 Å². The van der Waals surface area contributed by atoms with Crippen LogP contribution in [0.15, 0.2) is 42.7 Å². The van der Waals surface area contributed by atoms with E-state index in [4.69, 9.17) is 11.0 Å². The molecule has 0 aliphatic carbocycles. The van der Waals surface area contributed by atoms with Crippen molar-refractivity contribution < 1.29 is 0 Å². The summed E-state index contributed by atoms with van der Waals surface area (Å²) in [6.45, 7) is 1.82. The Morgan fingerprint density at radius 3 is 2.86 bits per heavy atom. The lowest BCUT2D eigenvalue weighted by Gasteiger charge is -2.07. The fourth-order valence-electron chi connectivity index (χ4n) is 2.07. The van der Waals surface area contributed by atoms with E-state index in [1.807, 2.05) is 37.3 Å². The van der Waals surface area contributed by atoms with Crippen LogP contribution >= 0.6 is 0 Å². The van der Waals surface area contributed by atoms with Gasteiger partial charge >= 0.3 is 0 Å². The van der Waals surface area contributed by atoms with Crippen molar-refractivity contribution in [3.8, 4) is 23.4 Å². The first-order valence-electron chi connectivity index (χ1n) is 6.33. The fourth-order valence-corrected chi connectivity index (χ4v) is 2.07. The summed E-state index contributed by atoms with van der Waals surface area (Å²) < 4.78 is 1.74. The lowest BCUT2D eigenvalue weighted by molar-refractivity contribution is 0.910. The minimum Gasteiger partial charge on any atom is -0.399 e. The van der Waals surface area contributed by atoms with Gasteiger partial charge in [-0.05, 0) is 25.1 Å². The number of aryl methyl sites for hydroxylation is 1. The molecule has 6 heteroatoms. The van der Waals surface area contributed by atoms with Crippen molar-refractivity contribution in [2.45, 2.75) is 6.92 Å². The average molecular weight is 276 g/mol. The van der Waals surface area contributed by atoms with Gasteiger partial charge in [0.2, 0.25) is 5.95 Å². The van der Waals surface area contributed by atoms with Crippen molar-refractivity contribution in [3.05, 3.63) is 54.1 Å². The van der Waals surface area contributed by atoms with Gasteiger partial charge in [0.25, 0.3) is 0 Å². The summed E-state index contributed by atoms with van der Waals surface area (Å²) in [7, 11) is 0. The molecule has 0 aliphatic heterocycles. The molecule has 3 rings (SSSR count). The molecule has 0 bridgehead atoms. The van der Waals surface area contributed by atoms with Gasteiger partial charge in [-0.15, -0.1) is 0 Å². The zero-order valence-electron chi connectivity index (χ0n) is 11.4. The molecule has 0 saturated carbocycles. The van der Waals surface area contributed by atoms with Gasteiger partial charge in [0, 0.05) is 29.3 Å². The molecule has 0 spiro atoms. The Balaban J connectivity index is 2.16. The third-order valence-corrected chi connectivity index (χ3v) is 2.96. The van der Waals surface area contributed by atoms with E-state index in [2.05, 4.69) is 15.0 Å². The van der Waals surface area contributed by atoms with Crippen molar-refractivity contribution in [2.24, 2.45) is 0 Å². The van der Waals surface area contributed by atoms with Crippen LogP contribution < -0.4 is 5.73 Å². The fraction of sp³-hybridized carbons (Fsp3) is 0.0667. The number of nitrogens with zero attached hydrogens (tertiary/aromatic N) is 5. The van der Waals surface area contributed by atoms with Gasteiger partial charge in [0.1, 0.15) is 17.6 Å². The van der Waals surface area contributed by atoms with E-state index in [9.17, 15) is 0 Å². The summed E-state index contributed by atoms with van der Waals surface area (Å²) in [6.07, 6.45) is 3.42. The van der Waals surface area contributed by atoms with Crippen LogP contribution in [0.25, 0.3) is 17.3 Å². The number of nitrogen functional groups attached to an aromatic ring is 1. The number of aromatic nitrogens is 4. The summed E-state index contributed by atoms with van der Waals surface area (Å²) in [5.41, 5.74) is 8.38. The van der Waals surface area contributed by atoms with Crippen LogP contribution in [-0.2, 0) is 0 Å². The molecule has 3 aromatic rings. The summed E-state index contributed by atoms with van der Waals surface area (Å²) in [5.74, 6) is 1.10. The average Bonchev–Trinajstić information content (AvgIpc) is 2.96. The third kappa shape index (κ3) is 2.44. The van der Waals surface area contributed by atoms with Gasteiger partial charge < -0.3 is 5.73 Å². The number of hydrogen-bond donors (Lipinski definition) is 1. The van der Waals surface area contributed by atoms with Crippen molar-refractivity contribution in [1.29, 1.82) is 5.26 Å². The highest BCUT2D eigenvalue weighted by molar-refractivity contribution is 5.62. The maximum Gasteiger partial charge on any atom is 0.236 e. The van der Waals surface area contributed by atoms with Crippen LogP contribution in [-0.4, -0.2) is 19.5 Å². The molecule has 0 saturated heterocycles.